The zero-order valence-electron chi connectivity index (χ0n) is 12.7. The van der Waals surface area contributed by atoms with E-state index in [2.05, 4.69) is 5.32 Å². The van der Waals surface area contributed by atoms with Crippen LogP contribution in [0.25, 0.3) is 0 Å². The van der Waals surface area contributed by atoms with Gasteiger partial charge in [-0.25, -0.2) is 0 Å². The van der Waals surface area contributed by atoms with Crippen molar-refractivity contribution in [3.8, 4) is 11.5 Å². The molecule has 2 rings (SSSR count). The zero-order chi connectivity index (χ0) is 15.2. The van der Waals surface area contributed by atoms with E-state index in [4.69, 9.17) is 15.2 Å². The first kappa shape index (κ1) is 15.0. The lowest BCUT2D eigenvalue weighted by Crippen LogP contribution is -2.07. The highest BCUT2D eigenvalue weighted by atomic mass is 16.5. The van der Waals surface area contributed by atoms with Crippen molar-refractivity contribution in [2.75, 3.05) is 18.2 Å². The zero-order valence-corrected chi connectivity index (χ0v) is 12.7. The second-order valence-corrected chi connectivity index (χ2v) is 5.16. The molecule has 2 aromatic carbocycles. The van der Waals surface area contributed by atoms with Gasteiger partial charge in [-0.2, -0.15) is 0 Å². The molecule has 0 amide bonds. The number of anilines is 2. The Bertz CT molecular complexity index is 597. The highest BCUT2D eigenvalue weighted by Crippen LogP contribution is 2.24. The second-order valence-electron chi connectivity index (χ2n) is 5.16. The summed E-state index contributed by atoms with van der Waals surface area (Å²) in [5.74, 6) is 1.63. The van der Waals surface area contributed by atoms with Crippen LogP contribution in [0.3, 0.4) is 0 Å². The van der Waals surface area contributed by atoms with E-state index in [0.717, 1.165) is 22.7 Å². The molecule has 2 aromatic rings. The Hall–Kier alpha value is -2.36. The SMILES string of the molecule is COc1cccc(CNc2cc(N)cc(OC(C)C)c2)c1. The second kappa shape index (κ2) is 6.88. The van der Waals surface area contributed by atoms with E-state index in [0.29, 0.717) is 12.2 Å². The smallest absolute Gasteiger partial charge is 0.123 e. The van der Waals surface area contributed by atoms with Crippen LogP contribution in [0.4, 0.5) is 11.4 Å². The Kier molecular flexibility index (Phi) is 4.93. The maximum atomic E-state index is 5.91. The van der Waals surface area contributed by atoms with Crippen LogP contribution in [0.2, 0.25) is 0 Å². The molecule has 0 aliphatic rings. The van der Waals surface area contributed by atoms with Crippen LogP contribution >= 0.6 is 0 Å². The lowest BCUT2D eigenvalue weighted by atomic mass is 10.2. The van der Waals surface area contributed by atoms with Crippen LogP contribution in [0, 0.1) is 0 Å². The van der Waals surface area contributed by atoms with Gasteiger partial charge in [0.05, 0.1) is 13.2 Å². The van der Waals surface area contributed by atoms with Crippen LogP contribution in [0.5, 0.6) is 11.5 Å². The largest absolute Gasteiger partial charge is 0.497 e. The van der Waals surface area contributed by atoms with Crippen molar-refractivity contribution in [1.29, 1.82) is 0 Å². The van der Waals surface area contributed by atoms with Crippen LogP contribution in [-0.2, 0) is 6.54 Å². The van der Waals surface area contributed by atoms with Crippen LogP contribution in [-0.4, -0.2) is 13.2 Å². The fourth-order valence-electron chi connectivity index (χ4n) is 2.05. The number of methoxy groups -OCH3 is 1. The van der Waals surface area contributed by atoms with Gasteiger partial charge >= 0.3 is 0 Å². The summed E-state index contributed by atoms with van der Waals surface area (Å²) in [7, 11) is 1.67. The normalized spacial score (nSPS) is 10.5. The van der Waals surface area contributed by atoms with E-state index >= 15 is 0 Å². The summed E-state index contributed by atoms with van der Waals surface area (Å²) in [6, 6.07) is 13.6. The molecule has 0 bridgehead atoms. The van der Waals surface area contributed by atoms with Crippen LogP contribution in [0.1, 0.15) is 19.4 Å². The van der Waals surface area contributed by atoms with Crippen molar-refractivity contribution in [3.05, 3.63) is 48.0 Å². The number of hydrogen-bond donors (Lipinski definition) is 2. The molecular weight excluding hydrogens is 264 g/mol. The minimum atomic E-state index is 0.123. The van der Waals surface area contributed by atoms with Crippen molar-refractivity contribution in [3.63, 3.8) is 0 Å². The molecule has 0 radical (unpaired) electrons. The third-order valence-corrected chi connectivity index (χ3v) is 2.93. The Morgan fingerprint density at radius 3 is 2.62 bits per heavy atom. The van der Waals surface area contributed by atoms with E-state index in [1.54, 1.807) is 7.11 Å². The molecule has 0 saturated carbocycles. The fourth-order valence-corrected chi connectivity index (χ4v) is 2.05. The summed E-state index contributed by atoms with van der Waals surface area (Å²) in [6.45, 7) is 4.68. The summed E-state index contributed by atoms with van der Waals surface area (Å²) in [6.07, 6.45) is 0.123. The van der Waals surface area contributed by atoms with Gasteiger partial charge in [0.2, 0.25) is 0 Å². The molecule has 0 aromatic heterocycles. The molecule has 0 saturated heterocycles. The Labute approximate surface area is 125 Å². The number of nitrogen functional groups attached to an aromatic ring is 1. The van der Waals surface area contributed by atoms with E-state index in [-0.39, 0.29) is 6.10 Å². The van der Waals surface area contributed by atoms with Gasteiger partial charge in [0.1, 0.15) is 11.5 Å². The van der Waals surface area contributed by atoms with Gasteiger partial charge in [-0.05, 0) is 37.6 Å². The molecule has 0 spiro atoms. The lowest BCUT2D eigenvalue weighted by molar-refractivity contribution is 0.242. The average molecular weight is 286 g/mol. The molecule has 0 fully saturated rings. The summed E-state index contributed by atoms with van der Waals surface area (Å²) in [5, 5.41) is 3.35. The van der Waals surface area contributed by atoms with Crippen molar-refractivity contribution in [2.45, 2.75) is 26.5 Å². The van der Waals surface area contributed by atoms with E-state index < -0.39 is 0 Å². The third-order valence-electron chi connectivity index (χ3n) is 2.93. The molecule has 4 heteroatoms. The first-order valence-electron chi connectivity index (χ1n) is 7.01. The maximum Gasteiger partial charge on any atom is 0.123 e. The van der Waals surface area contributed by atoms with E-state index in [9.17, 15) is 0 Å². The van der Waals surface area contributed by atoms with Gasteiger partial charge in [0, 0.05) is 30.1 Å². The third kappa shape index (κ3) is 4.60. The quantitative estimate of drug-likeness (QED) is 0.795. The number of rotatable bonds is 6. The summed E-state index contributed by atoms with van der Waals surface area (Å²) < 4.78 is 10.9. The molecule has 0 atom stereocenters. The van der Waals surface area contributed by atoms with E-state index in [1.807, 2.05) is 56.3 Å². The molecule has 0 aliphatic heterocycles. The first-order valence-corrected chi connectivity index (χ1v) is 7.01. The summed E-state index contributed by atoms with van der Waals surface area (Å²) in [4.78, 5) is 0. The van der Waals surface area contributed by atoms with Gasteiger partial charge in [-0.3, -0.25) is 0 Å². The van der Waals surface area contributed by atoms with Gasteiger partial charge < -0.3 is 20.5 Å². The minimum Gasteiger partial charge on any atom is -0.497 e. The minimum absolute atomic E-state index is 0.123. The standard InChI is InChI=1S/C17H22N2O2/c1-12(2)21-17-9-14(18)8-15(10-17)19-11-13-5-4-6-16(7-13)20-3/h4-10,12,19H,11,18H2,1-3H3. The molecule has 0 unspecified atom stereocenters. The van der Waals surface area contributed by atoms with Crippen molar-refractivity contribution in [1.82, 2.24) is 0 Å². The van der Waals surface area contributed by atoms with Crippen molar-refractivity contribution in [2.24, 2.45) is 0 Å². The molecule has 21 heavy (non-hydrogen) atoms. The molecule has 0 heterocycles. The fraction of sp³-hybridized carbons (Fsp3) is 0.294. The number of ether oxygens (including phenoxy) is 2. The maximum absolute atomic E-state index is 5.91. The van der Waals surface area contributed by atoms with Crippen LogP contribution < -0.4 is 20.5 Å². The van der Waals surface area contributed by atoms with Crippen LogP contribution in [0.15, 0.2) is 42.5 Å². The number of benzene rings is 2. The predicted molar refractivity (Wildman–Crippen MR) is 86.9 cm³/mol. The first-order chi connectivity index (χ1) is 10.1. The molecular formula is C17H22N2O2. The summed E-state index contributed by atoms with van der Waals surface area (Å²) in [5.41, 5.74) is 8.67. The monoisotopic (exact) mass is 286 g/mol. The molecule has 3 N–H and O–H groups in total. The highest BCUT2D eigenvalue weighted by molar-refractivity contribution is 5.59. The molecule has 0 aliphatic carbocycles. The Balaban J connectivity index is 2.06. The Morgan fingerprint density at radius 2 is 1.90 bits per heavy atom. The highest BCUT2D eigenvalue weighted by Gasteiger charge is 2.03. The summed E-state index contributed by atoms with van der Waals surface area (Å²) >= 11 is 0. The topological polar surface area (TPSA) is 56.5 Å². The van der Waals surface area contributed by atoms with Gasteiger partial charge in [-0.1, -0.05) is 12.1 Å². The van der Waals surface area contributed by atoms with Crippen molar-refractivity contribution < 1.29 is 9.47 Å². The number of hydrogen-bond acceptors (Lipinski definition) is 4. The lowest BCUT2D eigenvalue weighted by Gasteiger charge is -2.13. The number of nitrogens with two attached hydrogens (primary N) is 1. The van der Waals surface area contributed by atoms with E-state index in [1.165, 1.54) is 0 Å². The molecule has 4 nitrogen and oxygen atoms in total. The van der Waals surface area contributed by atoms with Gasteiger partial charge in [-0.15, -0.1) is 0 Å². The van der Waals surface area contributed by atoms with Gasteiger partial charge in [0.15, 0.2) is 0 Å². The number of nitrogens with one attached hydrogen (secondary N) is 1. The average Bonchev–Trinajstić information content (AvgIpc) is 2.44. The molecule has 112 valence electrons. The predicted octanol–water partition coefficient (Wildman–Crippen LogP) is 3.68. The Morgan fingerprint density at radius 1 is 1.10 bits per heavy atom. The van der Waals surface area contributed by atoms with Crippen molar-refractivity contribution >= 4 is 11.4 Å². The van der Waals surface area contributed by atoms with Gasteiger partial charge in [0.25, 0.3) is 0 Å².